The van der Waals surface area contributed by atoms with Crippen LogP contribution in [0.2, 0.25) is 0 Å². The normalized spacial score (nSPS) is 22.8. The molecule has 1 aliphatic rings. The summed E-state index contributed by atoms with van der Waals surface area (Å²) in [6, 6.07) is 2.30. The summed E-state index contributed by atoms with van der Waals surface area (Å²) >= 11 is 1.69. The molecule has 0 saturated heterocycles. The molecule has 0 radical (unpaired) electrons. The summed E-state index contributed by atoms with van der Waals surface area (Å²) in [4.78, 5) is 11.0. The second-order valence-electron chi connectivity index (χ2n) is 5.97. The van der Waals surface area contributed by atoms with Crippen molar-refractivity contribution in [3.8, 4) is 0 Å². The first-order valence-electron chi connectivity index (χ1n) is 7.66. The van der Waals surface area contributed by atoms with E-state index >= 15 is 0 Å². The van der Waals surface area contributed by atoms with Crippen molar-refractivity contribution >= 4 is 37.2 Å². The predicted octanol–water partition coefficient (Wildman–Crippen LogP) is 3.02. The highest BCUT2D eigenvalue weighted by Crippen LogP contribution is 2.31. The van der Waals surface area contributed by atoms with E-state index in [9.17, 15) is 8.42 Å². The van der Waals surface area contributed by atoms with Crippen molar-refractivity contribution in [1.29, 1.82) is 0 Å². The van der Waals surface area contributed by atoms with Crippen LogP contribution in [0.1, 0.15) is 37.5 Å². The summed E-state index contributed by atoms with van der Waals surface area (Å²) < 4.78 is 23.6. The zero-order valence-corrected chi connectivity index (χ0v) is 14.5. The first-order chi connectivity index (χ1) is 10.5. The molecule has 2 atom stereocenters. The molecule has 0 aromatic carbocycles. The number of fused-ring (bicyclic) bond motifs is 1. The van der Waals surface area contributed by atoms with Crippen LogP contribution in [-0.2, 0) is 16.3 Å². The highest BCUT2D eigenvalue weighted by Gasteiger charge is 2.29. The third-order valence-corrected chi connectivity index (χ3v) is 7.13. The average Bonchev–Trinajstić information content (AvgIpc) is 2.91. The SMILES string of the molecule is CCc1cc2c(NC3CCCC(S(C)(=O)=O)C3)ncnc2s1. The first-order valence-corrected chi connectivity index (χ1v) is 10.4. The van der Waals surface area contributed by atoms with E-state index in [0.717, 1.165) is 41.7 Å². The highest BCUT2D eigenvalue weighted by atomic mass is 32.2. The Bertz CT molecular complexity index is 770. The van der Waals surface area contributed by atoms with Gasteiger partial charge in [0.05, 0.1) is 10.6 Å². The van der Waals surface area contributed by atoms with E-state index in [1.165, 1.54) is 11.1 Å². The predicted molar refractivity (Wildman–Crippen MR) is 91.3 cm³/mol. The highest BCUT2D eigenvalue weighted by molar-refractivity contribution is 7.91. The van der Waals surface area contributed by atoms with Crippen LogP contribution in [0.15, 0.2) is 12.4 Å². The van der Waals surface area contributed by atoms with E-state index < -0.39 is 9.84 Å². The lowest BCUT2D eigenvalue weighted by Gasteiger charge is -2.29. The van der Waals surface area contributed by atoms with Gasteiger partial charge in [0.25, 0.3) is 0 Å². The molecule has 22 heavy (non-hydrogen) atoms. The quantitative estimate of drug-likeness (QED) is 0.927. The average molecular weight is 339 g/mol. The van der Waals surface area contributed by atoms with Crippen LogP contribution in [0, 0.1) is 0 Å². The summed E-state index contributed by atoms with van der Waals surface area (Å²) in [6.07, 6.45) is 7.27. The van der Waals surface area contributed by atoms with Crippen LogP contribution < -0.4 is 5.32 Å². The molecule has 5 nitrogen and oxygen atoms in total. The zero-order chi connectivity index (χ0) is 15.7. The molecular formula is C15H21N3O2S2. The molecule has 3 rings (SSSR count). The van der Waals surface area contributed by atoms with Crippen LogP contribution in [0.4, 0.5) is 5.82 Å². The van der Waals surface area contributed by atoms with Gasteiger partial charge in [0.1, 0.15) is 26.8 Å². The first kappa shape index (κ1) is 15.7. The van der Waals surface area contributed by atoms with Crippen LogP contribution in [-0.4, -0.2) is 35.9 Å². The summed E-state index contributed by atoms with van der Waals surface area (Å²) in [6.45, 7) is 2.13. The van der Waals surface area contributed by atoms with Gasteiger partial charge in [0.15, 0.2) is 0 Å². The number of aromatic nitrogens is 2. The molecule has 2 aromatic rings. The van der Waals surface area contributed by atoms with Crippen LogP contribution in [0.3, 0.4) is 0 Å². The van der Waals surface area contributed by atoms with Crippen molar-refractivity contribution in [3.05, 3.63) is 17.3 Å². The Morgan fingerprint density at radius 2 is 2.18 bits per heavy atom. The molecule has 1 saturated carbocycles. The Labute approximate surface area is 135 Å². The molecule has 2 unspecified atom stereocenters. The van der Waals surface area contributed by atoms with Gasteiger partial charge in [-0.1, -0.05) is 13.3 Å². The van der Waals surface area contributed by atoms with Gasteiger partial charge in [-0.2, -0.15) is 0 Å². The smallest absolute Gasteiger partial charge is 0.150 e. The summed E-state index contributed by atoms with van der Waals surface area (Å²) in [7, 11) is -2.96. The molecular weight excluding hydrogens is 318 g/mol. The number of hydrogen-bond donors (Lipinski definition) is 1. The Hall–Kier alpha value is -1.21. The lowest BCUT2D eigenvalue weighted by atomic mass is 9.95. The molecule has 1 aliphatic carbocycles. The third-order valence-electron chi connectivity index (χ3n) is 4.30. The van der Waals surface area contributed by atoms with Crippen LogP contribution in [0.5, 0.6) is 0 Å². The minimum Gasteiger partial charge on any atom is -0.367 e. The van der Waals surface area contributed by atoms with Crippen LogP contribution >= 0.6 is 11.3 Å². The van der Waals surface area contributed by atoms with Crippen molar-refractivity contribution < 1.29 is 8.42 Å². The fraction of sp³-hybridized carbons (Fsp3) is 0.600. The van der Waals surface area contributed by atoms with Crippen molar-refractivity contribution in [2.75, 3.05) is 11.6 Å². The monoisotopic (exact) mass is 339 g/mol. The fourth-order valence-electron chi connectivity index (χ4n) is 3.05. The molecule has 0 spiro atoms. The number of hydrogen-bond acceptors (Lipinski definition) is 6. The van der Waals surface area contributed by atoms with Gasteiger partial charge in [-0.25, -0.2) is 18.4 Å². The Balaban J connectivity index is 1.82. The minimum atomic E-state index is -2.96. The summed E-state index contributed by atoms with van der Waals surface area (Å²) in [5, 5.41) is 4.27. The number of aryl methyl sites for hydroxylation is 1. The number of sulfone groups is 1. The maximum atomic E-state index is 11.8. The van der Waals surface area contributed by atoms with Gasteiger partial charge in [-0.3, -0.25) is 0 Å². The van der Waals surface area contributed by atoms with Gasteiger partial charge in [0, 0.05) is 17.2 Å². The Morgan fingerprint density at radius 3 is 2.91 bits per heavy atom. The van der Waals surface area contributed by atoms with E-state index in [4.69, 9.17) is 0 Å². The lowest BCUT2D eigenvalue weighted by Crippen LogP contribution is -2.34. The van der Waals surface area contributed by atoms with Gasteiger partial charge in [-0.15, -0.1) is 11.3 Å². The van der Waals surface area contributed by atoms with E-state index in [2.05, 4.69) is 28.3 Å². The number of anilines is 1. The molecule has 0 amide bonds. The van der Waals surface area contributed by atoms with Crippen molar-refractivity contribution in [2.45, 2.75) is 50.3 Å². The maximum absolute atomic E-state index is 11.8. The van der Waals surface area contributed by atoms with Gasteiger partial charge in [0.2, 0.25) is 0 Å². The van der Waals surface area contributed by atoms with Gasteiger partial charge >= 0.3 is 0 Å². The third kappa shape index (κ3) is 3.25. The zero-order valence-electron chi connectivity index (χ0n) is 12.9. The summed E-state index contributed by atoms with van der Waals surface area (Å²) in [5.41, 5.74) is 0. The topological polar surface area (TPSA) is 72.0 Å². The molecule has 0 aliphatic heterocycles. The number of rotatable bonds is 4. The minimum absolute atomic E-state index is 0.163. The van der Waals surface area contributed by atoms with Gasteiger partial charge in [-0.05, 0) is 31.7 Å². The Morgan fingerprint density at radius 1 is 1.36 bits per heavy atom. The second-order valence-corrected chi connectivity index (χ2v) is 9.41. The van der Waals surface area contributed by atoms with Crippen molar-refractivity contribution in [1.82, 2.24) is 9.97 Å². The summed E-state index contributed by atoms with van der Waals surface area (Å²) in [5.74, 6) is 0.833. The Kier molecular flexibility index (Phi) is 4.36. The van der Waals surface area contributed by atoms with E-state index in [-0.39, 0.29) is 11.3 Å². The molecule has 120 valence electrons. The molecule has 0 bridgehead atoms. The lowest BCUT2D eigenvalue weighted by molar-refractivity contribution is 0.452. The van der Waals surface area contributed by atoms with Gasteiger partial charge < -0.3 is 5.32 Å². The largest absolute Gasteiger partial charge is 0.367 e. The second kappa shape index (κ2) is 6.12. The molecule has 7 heteroatoms. The fourth-order valence-corrected chi connectivity index (χ4v) is 5.16. The molecule has 2 heterocycles. The maximum Gasteiger partial charge on any atom is 0.150 e. The van der Waals surface area contributed by atoms with Crippen molar-refractivity contribution in [3.63, 3.8) is 0 Å². The number of nitrogens with zero attached hydrogens (tertiary/aromatic N) is 2. The van der Waals surface area contributed by atoms with Crippen molar-refractivity contribution in [2.24, 2.45) is 0 Å². The molecule has 1 fully saturated rings. The number of thiophene rings is 1. The number of nitrogens with one attached hydrogen (secondary N) is 1. The molecule has 1 N–H and O–H groups in total. The molecule has 2 aromatic heterocycles. The standard InChI is InChI=1S/C15H21N3O2S2/c1-3-11-8-13-14(16-9-17-15(13)21-11)18-10-5-4-6-12(7-10)22(2,19)20/h8-10,12H,3-7H2,1-2H3,(H,16,17,18). The van der Waals surface area contributed by atoms with E-state index in [0.29, 0.717) is 6.42 Å². The van der Waals surface area contributed by atoms with E-state index in [1.54, 1.807) is 17.7 Å². The van der Waals surface area contributed by atoms with Crippen LogP contribution in [0.25, 0.3) is 10.2 Å². The van der Waals surface area contributed by atoms with E-state index in [1.807, 2.05) is 0 Å².